The van der Waals surface area contributed by atoms with E-state index in [0.717, 1.165) is 28.2 Å². The van der Waals surface area contributed by atoms with Gasteiger partial charge in [-0.25, -0.2) is 0 Å². The number of hydrogen-bond donors (Lipinski definition) is 0. The maximum Gasteiger partial charge on any atom is 0.136 e. The summed E-state index contributed by atoms with van der Waals surface area (Å²) in [6, 6.07) is 16.4. The first-order chi connectivity index (χ1) is 12.4. The van der Waals surface area contributed by atoms with Crippen molar-refractivity contribution < 1.29 is 4.42 Å². The first-order valence-electron chi connectivity index (χ1n) is 8.11. The maximum absolute atomic E-state index is 6.04. The molecule has 2 heterocycles. The van der Waals surface area contributed by atoms with Crippen LogP contribution < -0.4 is 0 Å². The molecule has 0 unspecified atom stereocenters. The van der Waals surface area contributed by atoms with E-state index in [4.69, 9.17) is 4.42 Å². The van der Waals surface area contributed by atoms with Crippen LogP contribution in [0, 0.1) is 0 Å². The quantitative estimate of drug-likeness (QED) is 0.474. The van der Waals surface area contributed by atoms with E-state index in [1.807, 2.05) is 60.7 Å². The molecule has 2 aromatic heterocycles. The highest BCUT2D eigenvalue weighted by Crippen LogP contribution is 2.35. The monoisotopic (exact) mass is 340 g/mol. The van der Waals surface area contributed by atoms with Crippen LogP contribution in [-0.2, 0) is 0 Å². The molecule has 25 heavy (non-hydrogen) atoms. The van der Waals surface area contributed by atoms with Crippen LogP contribution in [0.5, 0.6) is 0 Å². The first-order valence-corrected chi connectivity index (χ1v) is 8.99. The van der Waals surface area contributed by atoms with Crippen molar-refractivity contribution in [3.05, 3.63) is 106 Å². The SMILES string of the molecule is C1=CC=CC=CC=1c1sccc1-c1ccc(/C=C/c2ccccc2)o1. The summed E-state index contributed by atoms with van der Waals surface area (Å²) in [5.74, 6) is 1.72. The van der Waals surface area contributed by atoms with Gasteiger partial charge in [0.1, 0.15) is 11.5 Å². The van der Waals surface area contributed by atoms with Gasteiger partial charge in [-0.1, -0.05) is 54.6 Å². The van der Waals surface area contributed by atoms with Gasteiger partial charge in [0, 0.05) is 11.1 Å². The Hall–Kier alpha value is -3.06. The molecule has 2 heteroatoms. The molecule has 0 saturated heterocycles. The van der Waals surface area contributed by atoms with Gasteiger partial charge in [-0.05, 0) is 47.4 Å². The molecule has 0 N–H and O–H groups in total. The van der Waals surface area contributed by atoms with E-state index in [0.29, 0.717) is 0 Å². The summed E-state index contributed by atoms with van der Waals surface area (Å²) in [5.41, 5.74) is 6.66. The van der Waals surface area contributed by atoms with Gasteiger partial charge in [0.2, 0.25) is 0 Å². The first kappa shape index (κ1) is 15.5. The lowest BCUT2D eigenvalue weighted by atomic mass is 10.1. The molecule has 0 atom stereocenters. The van der Waals surface area contributed by atoms with Gasteiger partial charge in [0.15, 0.2) is 0 Å². The zero-order valence-electron chi connectivity index (χ0n) is 13.6. The lowest BCUT2D eigenvalue weighted by Crippen LogP contribution is -1.78. The molecule has 3 aromatic rings. The lowest BCUT2D eigenvalue weighted by Gasteiger charge is -2.00. The minimum atomic E-state index is 0.846. The third kappa shape index (κ3) is 3.56. The van der Waals surface area contributed by atoms with Gasteiger partial charge >= 0.3 is 0 Å². The van der Waals surface area contributed by atoms with Crippen molar-refractivity contribution in [1.82, 2.24) is 0 Å². The van der Waals surface area contributed by atoms with Crippen molar-refractivity contribution in [2.75, 3.05) is 0 Å². The molecule has 0 bridgehead atoms. The molecule has 0 radical (unpaired) electrons. The molecule has 0 aliphatic heterocycles. The Morgan fingerprint density at radius 1 is 0.880 bits per heavy atom. The predicted molar refractivity (Wildman–Crippen MR) is 107 cm³/mol. The van der Waals surface area contributed by atoms with Crippen molar-refractivity contribution >= 4 is 29.1 Å². The highest BCUT2D eigenvalue weighted by atomic mass is 32.1. The van der Waals surface area contributed by atoms with Crippen LogP contribution in [-0.4, -0.2) is 0 Å². The topological polar surface area (TPSA) is 13.1 Å². The molecule has 0 fully saturated rings. The molecule has 1 aliphatic rings. The van der Waals surface area contributed by atoms with Gasteiger partial charge in [0.05, 0.1) is 4.88 Å². The van der Waals surface area contributed by atoms with E-state index in [1.165, 1.54) is 4.88 Å². The van der Waals surface area contributed by atoms with Gasteiger partial charge in [-0.3, -0.25) is 0 Å². The molecule has 0 amide bonds. The van der Waals surface area contributed by atoms with E-state index in [2.05, 4.69) is 41.5 Å². The van der Waals surface area contributed by atoms with Crippen LogP contribution in [0.1, 0.15) is 16.2 Å². The summed E-state index contributed by atoms with van der Waals surface area (Å²) in [6.07, 6.45) is 14.1. The van der Waals surface area contributed by atoms with Gasteiger partial charge < -0.3 is 4.42 Å². The summed E-state index contributed by atoms with van der Waals surface area (Å²) in [4.78, 5) is 1.17. The molecule has 1 aromatic carbocycles. The van der Waals surface area contributed by atoms with E-state index >= 15 is 0 Å². The molecule has 1 aliphatic carbocycles. The van der Waals surface area contributed by atoms with Gasteiger partial charge in [-0.2, -0.15) is 0 Å². The Balaban J connectivity index is 1.63. The zero-order chi connectivity index (χ0) is 16.9. The van der Waals surface area contributed by atoms with Crippen LogP contribution in [0.15, 0.2) is 94.4 Å². The Labute approximate surface area is 151 Å². The van der Waals surface area contributed by atoms with Gasteiger partial charge in [0.25, 0.3) is 0 Å². The van der Waals surface area contributed by atoms with E-state index in [-0.39, 0.29) is 0 Å². The highest BCUT2D eigenvalue weighted by molar-refractivity contribution is 7.11. The third-order valence-corrected chi connectivity index (χ3v) is 4.81. The summed E-state index contributed by atoms with van der Waals surface area (Å²) in [7, 11) is 0. The number of hydrogen-bond acceptors (Lipinski definition) is 2. The highest BCUT2D eigenvalue weighted by Gasteiger charge is 2.13. The number of benzene rings is 1. The normalized spacial score (nSPS) is 13.4. The molecule has 4 rings (SSSR count). The summed E-state index contributed by atoms with van der Waals surface area (Å²) in [6.45, 7) is 0. The van der Waals surface area contributed by atoms with Crippen molar-refractivity contribution in [3.63, 3.8) is 0 Å². The molecule has 0 saturated carbocycles. The Kier molecular flexibility index (Phi) is 4.47. The summed E-state index contributed by atoms with van der Waals surface area (Å²) in [5, 5.41) is 2.09. The van der Waals surface area contributed by atoms with Crippen molar-refractivity contribution in [2.45, 2.75) is 0 Å². The second-order valence-corrected chi connectivity index (χ2v) is 6.49. The minimum Gasteiger partial charge on any atom is -0.457 e. The van der Waals surface area contributed by atoms with Crippen LogP contribution in [0.2, 0.25) is 0 Å². The molecule has 1 nitrogen and oxygen atoms in total. The largest absolute Gasteiger partial charge is 0.457 e. The van der Waals surface area contributed by atoms with E-state index in [1.54, 1.807) is 11.3 Å². The fraction of sp³-hybridized carbons (Fsp3) is 0. The summed E-state index contributed by atoms with van der Waals surface area (Å²) < 4.78 is 6.04. The van der Waals surface area contributed by atoms with Crippen LogP contribution in [0.25, 0.3) is 29.0 Å². The number of allylic oxidation sites excluding steroid dienone is 5. The van der Waals surface area contributed by atoms with E-state index in [9.17, 15) is 0 Å². The number of furan rings is 1. The molecular formula is C23H16OS. The average molecular weight is 340 g/mol. The fourth-order valence-corrected chi connectivity index (χ4v) is 3.53. The van der Waals surface area contributed by atoms with Crippen molar-refractivity contribution in [1.29, 1.82) is 0 Å². The molecule has 120 valence electrons. The van der Waals surface area contributed by atoms with Crippen LogP contribution in [0.3, 0.4) is 0 Å². The second-order valence-electron chi connectivity index (χ2n) is 5.58. The van der Waals surface area contributed by atoms with E-state index < -0.39 is 0 Å². The maximum atomic E-state index is 6.04. The van der Waals surface area contributed by atoms with Crippen LogP contribution >= 0.6 is 11.3 Å². The minimum absolute atomic E-state index is 0.846. The Morgan fingerprint density at radius 2 is 1.80 bits per heavy atom. The third-order valence-electron chi connectivity index (χ3n) is 3.86. The van der Waals surface area contributed by atoms with Crippen LogP contribution in [0.4, 0.5) is 0 Å². The van der Waals surface area contributed by atoms with Crippen molar-refractivity contribution in [2.24, 2.45) is 0 Å². The Morgan fingerprint density at radius 3 is 2.72 bits per heavy atom. The average Bonchev–Trinajstić information content (AvgIpc) is 3.24. The predicted octanol–water partition coefficient (Wildman–Crippen LogP) is 6.84. The standard InChI is InChI=1S/C23H16OS/c1-2-7-11-19(10-6-1)23-21(16-17-25-23)22-15-14-20(24-22)13-12-18-8-4-3-5-9-18/h1-10,12-17H/b13-12+. The number of rotatable bonds is 4. The smallest absolute Gasteiger partial charge is 0.136 e. The zero-order valence-corrected chi connectivity index (χ0v) is 14.4. The molecular weight excluding hydrogens is 324 g/mol. The Bertz CT molecular complexity index is 1020. The van der Waals surface area contributed by atoms with Crippen molar-refractivity contribution in [3.8, 4) is 11.3 Å². The fourth-order valence-electron chi connectivity index (χ4n) is 2.64. The lowest BCUT2D eigenvalue weighted by molar-refractivity contribution is 0.572. The number of thiophene rings is 1. The molecule has 0 spiro atoms. The second kappa shape index (κ2) is 7.23. The van der Waals surface area contributed by atoms with Gasteiger partial charge in [-0.15, -0.1) is 17.1 Å². The summed E-state index contributed by atoms with van der Waals surface area (Å²) >= 11 is 1.70.